The van der Waals surface area contributed by atoms with Crippen LogP contribution in [-0.2, 0) is 22.3 Å². The third-order valence-corrected chi connectivity index (χ3v) is 8.15. The minimum Gasteiger partial charge on any atom is -0.480 e. The average Bonchev–Trinajstić information content (AvgIpc) is 3.61. The highest BCUT2D eigenvalue weighted by atomic mass is 19.4. The van der Waals surface area contributed by atoms with Crippen LogP contribution in [0, 0.1) is 0 Å². The summed E-state index contributed by atoms with van der Waals surface area (Å²) in [6.45, 7) is 2.04. The largest absolute Gasteiger partial charge is 0.480 e. The maximum absolute atomic E-state index is 14.0. The zero-order valence-electron chi connectivity index (χ0n) is 23.2. The quantitative estimate of drug-likeness (QED) is 0.315. The molecule has 2 aliphatic rings. The van der Waals surface area contributed by atoms with Crippen molar-refractivity contribution in [3.05, 3.63) is 72.4 Å². The normalized spacial score (nSPS) is 18.3. The van der Waals surface area contributed by atoms with Gasteiger partial charge < -0.3 is 23.9 Å². The third-order valence-electron chi connectivity index (χ3n) is 8.15. The van der Waals surface area contributed by atoms with E-state index in [1.54, 1.807) is 36.4 Å². The molecule has 1 unspecified atom stereocenters. The summed E-state index contributed by atoms with van der Waals surface area (Å²) in [5.41, 5.74) is 2.58. The van der Waals surface area contributed by atoms with Crippen molar-refractivity contribution >= 4 is 27.8 Å². The lowest BCUT2D eigenvalue weighted by atomic mass is 10.1. The van der Waals surface area contributed by atoms with E-state index >= 15 is 0 Å². The molecule has 0 bridgehead atoms. The van der Waals surface area contributed by atoms with E-state index in [-0.39, 0.29) is 17.1 Å². The zero-order chi connectivity index (χ0) is 29.7. The van der Waals surface area contributed by atoms with Crippen LogP contribution in [0.25, 0.3) is 33.2 Å². The Morgan fingerprint density at radius 2 is 1.84 bits per heavy atom. The molecule has 1 N–H and O–H groups in total. The first-order chi connectivity index (χ1) is 20.8. The molecule has 0 spiro atoms. The molecule has 0 radical (unpaired) electrons. The number of carbonyl (C=O) groups is 1. The Hall–Kier alpha value is -4.49. The standard InChI is InChI=1S/C30H28F3N7O3/c1-42-28-20(12-18-6-2-3-7-21(18)36-28)23-13-34-27(35-23)25-14-38(19-16-43-17-19)10-11-39(25)26(41)15-40-24-9-5-4-8-22(24)37-29(40)30(31,32)33/h2-9,12-13,19,25H,10-11,14-17H2,1H3,(H,34,35). The van der Waals surface area contributed by atoms with Crippen LogP contribution in [-0.4, -0.2) is 86.2 Å². The molecule has 3 aromatic heterocycles. The second-order valence-electron chi connectivity index (χ2n) is 10.7. The van der Waals surface area contributed by atoms with Crippen LogP contribution in [0.2, 0.25) is 0 Å². The first kappa shape index (κ1) is 27.3. The van der Waals surface area contributed by atoms with E-state index in [1.165, 1.54) is 6.07 Å². The van der Waals surface area contributed by atoms with Crippen LogP contribution in [0.15, 0.2) is 60.8 Å². The molecular weight excluding hydrogens is 563 g/mol. The summed E-state index contributed by atoms with van der Waals surface area (Å²) >= 11 is 0. The van der Waals surface area contributed by atoms with Crippen molar-refractivity contribution in [2.24, 2.45) is 0 Å². The van der Waals surface area contributed by atoms with Gasteiger partial charge in [-0.25, -0.2) is 15.0 Å². The molecule has 5 aromatic rings. The number of alkyl halides is 3. The van der Waals surface area contributed by atoms with E-state index in [2.05, 4.69) is 24.8 Å². The smallest absolute Gasteiger partial charge is 0.449 e. The lowest BCUT2D eigenvalue weighted by Gasteiger charge is -2.46. The van der Waals surface area contributed by atoms with Gasteiger partial charge in [-0.2, -0.15) is 13.2 Å². The molecule has 2 fully saturated rings. The molecular formula is C30H28F3N7O3. The number of piperazine rings is 1. The first-order valence-corrected chi connectivity index (χ1v) is 13.9. The number of hydrogen-bond donors (Lipinski definition) is 1. The minimum absolute atomic E-state index is 0.183. The molecule has 13 heteroatoms. The first-order valence-electron chi connectivity index (χ1n) is 13.9. The lowest BCUT2D eigenvalue weighted by molar-refractivity contribution is -0.149. The monoisotopic (exact) mass is 591 g/mol. The predicted molar refractivity (Wildman–Crippen MR) is 151 cm³/mol. The summed E-state index contributed by atoms with van der Waals surface area (Å²) in [7, 11) is 1.55. The average molecular weight is 592 g/mol. The van der Waals surface area contributed by atoms with Gasteiger partial charge in [-0.3, -0.25) is 9.69 Å². The lowest BCUT2D eigenvalue weighted by Crippen LogP contribution is -2.58. The number of methoxy groups -OCH3 is 1. The van der Waals surface area contributed by atoms with Gasteiger partial charge in [-0.15, -0.1) is 0 Å². The number of fused-ring (bicyclic) bond motifs is 2. The molecule has 0 aliphatic carbocycles. The topological polar surface area (TPSA) is 101 Å². The Morgan fingerprint density at radius 1 is 1.07 bits per heavy atom. The van der Waals surface area contributed by atoms with E-state index in [0.717, 1.165) is 15.5 Å². The van der Waals surface area contributed by atoms with Gasteiger partial charge in [0.05, 0.1) is 60.4 Å². The molecule has 43 heavy (non-hydrogen) atoms. The van der Waals surface area contributed by atoms with Gasteiger partial charge >= 0.3 is 6.18 Å². The summed E-state index contributed by atoms with van der Waals surface area (Å²) in [5, 5.41) is 0.924. The van der Waals surface area contributed by atoms with E-state index in [4.69, 9.17) is 9.47 Å². The number of halogens is 3. The molecule has 7 rings (SSSR count). The number of amides is 1. The van der Waals surface area contributed by atoms with Gasteiger partial charge in [0.2, 0.25) is 17.6 Å². The zero-order valence-corrected chi connectivity index (χ0v) is 23.2. The molecule has 0 saturated carbocycles. The Kier molecular flexibility index (Phi) is 6.78. The molecule has 5 heterocycles. The van der Waals surface area contributed by atoms with E-state index in [9.17, 15) is 18.0 Å². The molecule has 2 saturated heterocycles. The highest BCUT2D eigenvalue weighted by Gasteiger charge is 2.41. The molecule has 1 atom stereocenters. The number of aromatic amines is 1. The van der Waals surface area contributed by atoms with Gasteiger partial charge in [0.15, 0.2) is 0 Å². The summed E-state index contributed by atoms with van der Waals surface area (Å²) in [6.07, 6.45) is -3.05. The fourth-order valence-corrected chi connectivity index (χ4v) is 5.87. The van der Waals surface area contributed by atoms with Crippen molar-refractivity contribution in [1.82, 2.24) is 34.3 Å². The predicted octanol–water partition coefficient (Wildman–Crippen LogP) is 4.29. The number of pyridine rings is 1. The van der Waals surface area contributed by atoms with Crippen molar-refractivity contribution in [2.75, 3.05) is 40.0 Å². The number of benzene rings is 2. The number of rotatable bonds is 6. The van der Waals surface area contributed by atoms with Gasteiger partial charge in [0.25, 0.3) is 0 Å². The summed E-state index contributed by atoms with van der Waals surface area (Å²) in [6, 6.07) is 15.6. The van der Waals surface area contributed by atoms with Crippen molar-refractivity contribution in [1.29, 1.82) is 0 Å². The van der Waals surface area contributed by atoms with Crippen molar-refractivity contribution in [3.8, 4) is 17.1 Å². The SMILES string of the molecule is COc1nc2ccccc2cc1-c1cnc(C2CN(C3COC3)CCN2C(=O)Cn2c(C(F)(F)F)nc3ccccc32)[nH]1. The highest BCUT2D eigenvalue weighted by molar-refractivity contribution is 5.85. The molecule has 2 aliphatic heterocycles. The third kappa shape index (κ3) is 4.97. The minimum atomic E-state index is -4.72. The van der Waals surface area contributed by atoms with Crippen LogP contribution < -0.4 is 4.74 Å². The number of H-pyrrole nitrogens is 1. The number of aromatic nitrogens is 5. The second kappa shape index (κ2) is 10.7. The van der Waals surface area contributed by atoms with Gasteiger partial charge in [0, 0.05) is 25.0 Å². The van der Waals surface area contributed by atoms with Crippen LogP contribution in [0.3, 0.4) is 0 Å². The van der Waals surface area contributed by atoms with Crippen molar-refractivity contribution in [3.63, 3.8) is 0 Å². The molecule has 2 aromatic carbocycles. The van der Waals surface area contributed by atoms with Crippen LogP contribution >= 0.6 is 0 Å². The number of carbonyl (C=O) groups excluding carboxylic acids is 1. The number of para-hydroxylation sites is 3. The van der Waals surface area contributed by atoms with Gasteiger partial charge in [-0.1, -0.05) is 30.3 Å². The summed E-state index contributed by atoms with van der Waals surface area (Å²) in [5.74, 6) is -0.605. The number of hydrogen-bond acceptors (Lipinski definition) is 7. The highest BCUT2D eigenvalue weighted by Crippen LogP contribution is 2.35. The van der Waals surface area contributed by atoms with Crippen molar-refractivity contribution in [2.45, 2.75) is 24.8 Å². The number of ether oxygens (including phenoxy) is 2. The fraction of sp³-hybridized carbons (Fsp3) is 0.333. The Balaban J connectivity index is 1.23. The Morgan fingerprint density at radius 3 is 2.58 bits per heavy atom. The number of nitrogens with one attached hydrogen (secondary N) is 1. The Labute approximate surface area is 244 Å². The number of imidazole rings is 2. The molecule has 10 nitrogen and oxygen atoms in total. The fourth-order valence-electron chi connectivity index (χ4n) is 5.87. The van der Waals surface area contributed by atoms with Crippen LogP contribution in [0.5, 0.6) is 5.88 Å². The maximum Gasteiger partial charge on any atom is 0.449 e. The van der Waals surface area contributed by atoms with Crippen molar-refractivity contribution < 1.29 is 27.4 Å². The summed E-state index contributed by atoms with van der Waals surface area (Å²) in [4.78, 5) is 34.1. The number of nitrogens with zero attached hydrogens (tertiary/aromatic N) is 6. The molecule has 222 valence electrons. The van der Waals surface area contributed by atoms with E-state index < -0.39 is 30.5 Å². The summed E-state index contributed by atoms with van der Waals surface area (Å²) < 4.78 is 53.9. The maximum atomic E-state index is 14.0. The van der Waals surface area contributed by atoms with E-state index in [0.29, 0.717) is 55.8 Å². The Bertz CT molecular complexity index is 1810. The molecule has 1 amide bonds. The van der Waals surface area contributed by atoms with Gasteiger partial charge in [-0.05, 0) is 24.3 Å². The van der Waals surface area contributed by atoms with Crippen LogP contribution in [0.4, 0.5) is 13.2 Å². The van der Waals surface area contributed by atoms with E-state index in [1.807, 2.05) is 30.3 Å². The van der Waals surface area contributed by atoms with Crippen LogP contribution in [0.1, 0.15) is 17.7 Å². The van der Waals surface area contributed by atoms with Gasteiger partial charge in [0.1, 0.15) is 18.4 Å². The second-order valence-corrected chi connectivity index (χ2v) is 10.7.